The number of aromatic nitrogens is 2. The minimum absolute atomic E-state index is 0. The van der Waals surface area contributed by atoms with Gasteiger partial charge in [-0.3, -0.25) is 0 Å². The molecule has 3 rings (SSSR count). The zero-order valence-electron chi connectivity index (χ0n) is 15.4. The Bertz CT molecular complexity index is 703. The number of hydrogen-bond donors (Lipinski definition) is 1. The number of nitrogens with zero attached hydrogens (tertiary/aromatic N) is 2. The van der Waals surface area contributed by atoms with E-state index >= 15 is 0 Å². The van der Waals surface area contributed by atoms with E-state index in [1.807, 2.05) is 19.1 Å². The highest BCUT2D eigenvalue weighted by molar-refractivity contribution is 5.85. The van der Waals surface area contributed by atoms with Crippen molar-refractivity contribution in [2.75, 3.05) is 0 Å². The normalized spacial score (nSPS) is 17.8. The van der Waals surface area contributed by atoms with Gasteiger partial charge in [-0.15, -0.1) is 12.4 Å². The fraction of sp³-hybridized carbons (Fsp3) is 0.579. The van der Waals surface area contributed by atoms with Gasteiger partial charge in [-0.05, 0) is 42.9 Å². The van der Waals surface area contributed by atoms with Gasteiger partial charge in [0.2, 0.25) is 0 Å². The quantitative estimate of drug-likeness (QED) is 0.853. The van der Waals surface area contributed by atoms with Gasteiger partial charge >= 0.3 is 0 Å². The molecule has 0 spiro atoms. The Hall–Kier alpha value is -1.59. The largest absolute Gasteiger partial charge is 0.481 e. The third-order valence-corrected chi connectivity index (χ3v) is 4.74. The third-order valence-electron chi connectivity index (χ3n) is 4.74. The van der Waals surface area contributed by atoms with Gasteiger partial charge in [0.25, 0.3) is 5.89 Å². The fourth-order valence-corrected chi connectivity index (χ4v) is 3.12. The molecule has 1 atom stereocenters. The van der Waals surface area contributed by atoms with Crippen molar-refractivity contribution in [1.29, 1.82) is 0 Å². The summed E-state index contributed by atoms with van der Waals surface area (Å²) in [6.07, 6.45) is 3.74. The SMILES string of the molecule is CC(Oc1cccc(C(C)(C)C)c1)c1nc(C2(N)CCCC2)no1.Cl. The number of ether oxygens (including phenoxy) is 1. The van der Waals surface area contributed by atoms with E-state index in [1.165, 1.54) is 5.56 Å². The molecule has 1 aromatic carbocycles. The summed E-state index contributed by atoms with van der Waals surface area (Å²) in [6, 6.07) is 8.13. The average Bonchev–Trinajstić information content (AvgIpc) is 3.16. The Morgan fingerprint density at radius 3 is 2.56 bits per heavy atom. The molecule has 1 heterocycles. The molecule has 2 aromatic rings. The van der Waals surface area contributed by atoms with E-state index in [1.54, 1.807) is 0 Å². The van der Waals surface area contributed by atoms with E-state index in [-0.39, 0.29) is 23.9 Å². The van der Waals surface area contributed by atoms with Gasteiger partial charge in [-0.25, -0.2) is 0 Å². The van der Waals surface area contributed by atoms with Crippen molar-refractivity contribution in [3.05, 3.63) is 41.5 Å². The molecule has 1 aliphatic rings. The van der Waals surface area contributed by atoms with Crippen LogP contribution in [0.5, 0.6) is 5.75 Å². The van der Waals surface area contributed by atoms with Gasteiger partial charge in [0.1, 0.15) is 5.75 Å². The monoisotopic (exact) mass is 365 g/mol. The third kappa shape index (κ3) is 4.33. The van der Waals surface area contributed by atoms with Crippen molar-refractivity contribution in [2.24, 2.45) is 5.73 Å². The predicted octanol–water partition coefficient (Wildman–Crippen LogP) is 4.66. The molecule has 1 aliphatic carbocycles. The summed E-state index contributed by atoms with van der Waals surface area (Å²) < 4.78 is 11.4. The lowest BCUT2D eigenvalue weighted by Gasteiger charge is -2.20. The van der Waals surface area contributed by atoms with Crippen LogP contribution in [0.4, 0.5) is 0 Å². The van der Waals surface area contributed by atoms with Crippen LogP contribution in [0.15, 0.2) is 28.8 Å². The summed E-state index contributed by atoms with van der Waals surface area (Å²) >= 11 is 0. The molecule has 0 amide bonds. The van der Waals surface area contributed by atoms with E-state index in [2.05, 4.69) is 43.0 Å². The summed E-state index contributed by atoms with van der Waals surface area (Å²) in [4.78, 5) is 4.50. The van der Waals surface area contributed by atoms with E-state index in [0.717, 1.165) is 31.4 Å². The highest BCUT2D eigenvalue weighted by Gasteiger charge is 2.36. The zero-order chi connectivity index (χ0) is 17.4. The Morgan fingerprint density at radius 1 is 1.24 bits per heavy atom. The number of nitrogens with two attached hydrogens (primary N) is 1. The van der Waals surface area contributed by atoms with Crippen LogP contribution in [0.2, 0.25) is 0 Å². The molecule has 1 saturated carbocycles. The number of rotatable bonds is 4. The summed E-state index contributed by atoms with van der Waals surface area (Å²) in [5.41, 5.74) is 7.26. The number of halogens is 1. The summed E-state index contributed by atoms with van der Waals surface area (Å²) in [6.45, 7) is 8.46. The molecule has 0 saturated heterocycles. The second-order valence-electron chi connectivity index (χ2n) is 7.86. The maximum atomic E-state index is 6.39. The van der Waals surface area contributed by atoms with Gasteiger partial charge < -0.3 is 15.0 Å². The number of benzene rings is 1. The smallest absolute Gasteiger partial charge is 0.267 e. The van der Waals surface area contributed by atoms with Crippen LogP contribution in [0.3, 0.4) is 0 Å². The van der Waals surface area contributed by atoms with E-state index in [0.29, 0.717) is 11.7 Å². The molecule has 0 aliphatic heterocycles. The van der Waals surface area contributed by atoms with Crippen LogP contribution < -0.4 is 10.5 Å². The van der Waals surface area contributed by atoms with Crippen molar-refractivity contribution in [3.63, 3.8) is 0 Å². The topological polar surface area (TPSA) is 74.2 Å². The standard InChI is InChI=1S/C19H27N3O2.ClH/c1-13(23-15-9-7-8-14(12-15)18(2,3)4)16-21-17(22-24-16)19(20)10-5-6-11-19;/h7-9,12-13H,5-6,10-11,20H2,1-4H3;1H. The molecule has 1 unspecified atom stereocenters. The van der Waals surface area contributed by atoms with Gasteiger partial charge in [0, 0.05) is 0 Å². The predicted molar refractivity (Wildman–Crippen MR) is 100 cm³/mol. The van der Waals surface area contributed by atoms with Crippen LogP contribution in [0.1, 0.15) is 76.8 Å². The van der Waals surface area contributed by atoms with Gasteiger partial charge in [0.05, 0.1) is 5.54 Å². The first-order valence-corrected chi connectivity index (χ1v) is 8.68. The lowest BCUT2D eigenvalue weighted by atomic mass is 9.87. The van der Waals surface area contributed by atoms with Crippen molar-refractivity contribution in [3.8, 4) is 5.75 Å². The Kier molecular flexibility index (Phi) is 5.79. The molecule has 0 bridgehead atoms. The lowest BCUT2D eigenvalue weighted by Crippen LogP contribution is -2.34. The van der Waals surface area contributed by atoms with Crippen molar-refractivity contribution in [2.45, 2.75) is 70.4 Å². The average molecular weight is 366 g/mol. The minimum atomic E-state index is -0.437. The summed E-state index contributed by atoms with van der Waals surface area (Å²) in [7, 11) is 0. The van der Waals surface area contributed by atoms with Crippen LogP contribution in [-0.2, 0) is 11.0 Å². The first-order chi connectivity index (χ1) is 11.3. The van der Waals surface area contributed by atoms with Gasteiger partial charge in [0.15, 0.2) is 11.9 Å². The van der Waals surface area contributed by atoms with Gasteiger partial charge in [-0.2, -0.15) is 4.98 Å². The zero-order valence-corrected chi connectivity index (χ0v) is 16.2. The summed E-state index contributed by atoms with van der Waals surface area (Å²) in [5, 5.41) is 4.10. The maximum Gasteiger partial charge on any atom is 0.267 e. The fourth-order valence-electron chi connectivity index (χ4n) is 3.12. The Balaban J connectivity index is 0.00000225. The first-order valence-electron chi connectivity index (χ1n) is 8.68. The van der Waals surface area contributed by atoms with Crippen LogP contribution in [0, 0.1) is 0 Å². The Labute approximate surface area is 155 Å². The highest BCUT2D eigenvalue weighted by atomic mass is 35.5. The molecule has 2 N–H and O–H groups in total. The molecule has 138 valence electrons. The van der Waals surface area contributed by atoms with Crippen molar-refractivity contribution in [1.82, 2.24) is 10.1 Å². The van der Waals surface area contributed by atoms with Crippen LogP contribution in [-0.4, -0.2) is 10.1 Å². The molecule has 6 heteroatoms. The molecular weight excluding hydrogens is 338 g/mol. The van der Waals surface area contributed by atoms with Crippen molar-refractivity contribution < 1.29 is 9.26 Å². The maximum absolute atomic E-state index is 6.39. The molecule has 1 aromatic heterocycles. The Morgan fingerprint density at radius 2 is 1.92 bits per heavy atom. The van der Waals surface area contributed by atoms with Crippen molar-refractivity contribution >= 4 is 12.4 Å². The lowest BCUT2D eigenvalue weighted by molar-refractivity contribution is 0.175. The molecule has 1 fully saturated rings. The van der Waals surface area contributed by atoms with Crippen LogP contribution in [0.25, 0.3) is 0 Å². The van der Waals surface area contributed by atoms with Gasteiger partial charge in [-0.1, -0.05) is 50.9 Å². The second kappa shape index (κ2) is 7.34. The van der Waals surface area contributed by atoms with E-state index in [9.17, 15) is 0 Å². The summed E-state index contributed by atoms with van der Waals surface area (Å²) in [5.74, 6) is 1.88. The second-order valence-corrected chi connectivity index (χ2v) is 7.86. The highest BCUT2D eigenvalue weighted by Crippen LogP contribution is 2.35. The molecule has 5 nitrogen and oxygen atoms in total. The molecular formula is C19H28ClN3O2. The van der Waals surface area contributed by atoms with E-state index in [4.69, 9.17) is 15.0 Å². The molecule has 25 heavy (non-hydrogen) atoms. The number of hydrogen-bond acceptors (Lipinski definition) is 5. The van der Waals surface area contributed by atoms with E-state index < -0.39 is 5.54 Å². The molecule has 0 radical (unpaired) electrons. The first kappa shape index (κ1) is 19.7. The minimum Gasteiger partial charge on any atom is -0.481 e. The van der Waals surface area contributed by atoms with Crippen LogP contribution >= 0.6 is 12.4 Å².